The predicted octanol–water partition coefficient (Wildman–Crippen LogP) is 14.9. The summed E-state index contributed by atoms with van der Waals surface area (Å²) in [5.41, 5.74) is 13.7. The summed E-state index contributed by atoms with van der Waals surface area (Å²) in [6.45, 7) is 49.1. The standard InChI is InChI=1S/C55H82O3/c1-32-38(23-35-25-40(49(4,5)6)46(56)41(26-35)50(7,8)9)33(2)55(22,31-37-29-44(53(16,17)18)48(58)45(30-37)54(19,20)21)34(3)39(32)24-36-27-42(51(10,11)12)47(57)43(28-36)52(13,14)15/h25-30,33,56-58H,23-24,31H2,1-22H3. The van der Waals surface area contributed by atoms with E-state index in [1.165, 1.54) is 39.0 Å². The predicted molar refractivity (Wildman–Crippen MR) is 250 cm³/mol. The summed E-state index contributed by atoms with van der Waals surface area (Å²) in [5.74, 6) is 1.46. The number of allylic oxidation sites excluding steroid dienone is 4. The molecule has 3 N–H and O–H groups in total. The zero-order valence-electron chi connectivity index (χ0n) is 41.0. The van der Waals surface area contributed by atoms with E-state index in [4.69, 9.17) is 0 Å². The van der Waals surface area contributed by atoms with Gasteiger partial charge in [0.2, 0.25) is 0 Å². The smallest absolute Gasteiger partial charge is 0.123 e. The van der Waals surface area contributed by atoms with Gasteiger partial charge in [-0.3, -0.25) is 0 Å². The molecule has 3 nitrogen and oxygen atoms in total. The second-order valence-electron chi connectivity index (χ2n) is 24.5. The Kier molecular flexibility index (Phi) is 12.4. The Labute approximate surface area is 355 Å². The van der Waals surface area contributed by atoms with E-state index in [0.29, 0.717) is 17.2 Å². The van der Waals surface area contributed by atoms with E-state index >= 15 is 0 Å². The van der Waals surface area contributed by atoms with Gasteiger partial charge in [-0.05, 0) is 138 Å². The number of aromatic hydroxyl groups is 3. The molecule has 3 aromatic rings. The molecule has 0 aliphatic heterocycles. The molecule has 2 unspecified atom stereocenters. The fourth-order valence-electron chi connectivity index (χ4n) is 9.36. The van der Waals surface area contributed by atoms with Gasteiger partial charge in [-0.15, -0.1) is 0 Å². The molecule has 0 saturated carbocycles. The summed E-state index contributed by atoms with van der Waals surface area (Å²) >= 11 is 0. The van der Waals surface area contributed by atoms with Crippen LogP contribution in [0.15, 0.2) is 58.7 Å². The van der Waals surface area contributed by atoms with Gasteiger partial charge in [-0.2, -0.15) is 0 Å². The first kappa shape index (κ1) is 47.2. The van der Waals surface area contributed by atoms with Crippen molar-refractivity contribution in [3.8, 4) is 17.2 Å². The summed E-state index contributed by atoms with van der Waals surface area (Å²) in [4.78, 5) is 0. The molecule has 2 atom stereocenters. The number of rotatable bonds is 6. The van der Waals surface area contributed by atoms with Gasteiger partial charge in [-0.25, -0.2) is 0 Å². The van der Waals surface area contributed by atoms with E-state index in [9.17, 15) is 15.3 Å². The van der Waals surface area contributed by atoms with Crippen molar-refractivity contribution in [3.05, 3.63) is 109 Å². The van der Waals surface area contributed by atoms with Crippen molar-refractivity contribution < 1.29 is 15.3 Å². The highest BCUT2D eigenvalue weighted by molar-refractivity contribution is 5.57. The van der Waals surface area contributed by atoms with Crippen LogP contribution in [-0.2, 0) is 51.8 Å². The van der Waals surface area contributed by atoms with E-state index < -0.39 is 0 Å². The molecule has 0 spiro atoms. The van der Waals surface area contributed by atoms with Gasteiger partial charge >= 0.3 is 0 Å². The molecule has 0 amide bonds. The number of phenolic OH excluding ortho intramolecular Hbond substituents is 3. The highest BCUT2D eigenvalue weighted by Crippen LogP contribution is 2.53. The average molecular weight is 791 g/mol. The van der Waals surface area contributed by atoms with Crippen LogP contribution in [0.25, 0.3) is 0 Å². The summed E-state index contributed by atoms with van der Waals surface area (Å²) in [5, 5.41) is 35.1. The van der Waals surface area contributed by atoms with Crippen LogP contribution in [0, 0.1) is 11.3 Å². The summed E-state index contributed by atoms with van der Waals surface area (Å²) in [7, 11) is 0. The van der Waals surface area contributed by atoms with Gasteiger partial charge in [-0.1, -0.05) is 186 Å². The van der Waals surface area contributed by atoms with Gasteiger partial charge in [0.05, 0.1) is 0 Å². The first-order chi connectivity index (χ1) is 25.9. The van der Waals surface area contributed by atoms with Crippen LogP contribution in [0.4, 0.5) is 0 Å². The minimum absolute atomic E-state index is 0.210. The molecule has 4 rings (SSSR count). The maximum atomic E-state index is 11.7. The largest absolute Gasteiger partial charge is 0.507 e. The van der Waals surface area contributed by atoms with Crippen molar-refractivity contribution in [1.82, 2.24) is 0 Å². The lowest BCUT2D eigenvalue weighted by atomic mass is 9.59. The van der Waals surface area contributed by atoms with Gasteiger partial charge in [0.1, 0.15) is 17.2 Å². The number of benzene rings is 3. The van der Waals surface area contributed by atoms with E-state index in [1.807, 2.05) is 0 Å². The Morgan fingerprint density at radius 1 is 0.448 bits per heavy atom. The van der Waals surface area contributed by atoms with E-state index in [-0.39, 0.29) is 43.8 Å². The summed E-state index contributed by atoms with van der Waals surface area (Å²) in [6.07, 6.45) is 2.39. The van der Waals surface area contributed by atoms with Crippen molar-refractivity contribution in [2.24, 2.45) is 11.3 Å². The Balaban J connectivity index is 2.07. The van der Waals surface area contributed by atoms with Crippen molar-refractivity contribution in [2.45, 2.75) is 204 Å². The van der Waals surface area contributed by atoms with Crippen molar-refractivity contribution in [1.29, 1.82) is 0 Å². The van der Waals surface area contributed by atoms with Gasteiger partial charge in [0.25, 0.3) is 0 Å². The first-order valence-corrected chi connectivity index (χ1v) is 21.9. The first-order valence-electron chi connectivity index (χ1n) is 21.9. The maximum Gasteiger partial charge on any atom is 0.123 e. The molecule has 3 aromatic carbocycles. The van der Waals surface area contributed by atoms with Gasteiger partial charge in [0, 0.05) is 0 Å². The number of hydrogen-bond acceptors (Lipinski definition) is 3. The second kappa shape index (κ2) is 15.2. The molecule has 1 aliphatic carbocycles. The van der Waals surface area contributed by atoms with E-state index in [1.54, 1.807) is 0 Å². The maximum absolute atomic E-state index is 11.7. The Bertz CT molecular complexity index is 2000. The normalized spacial score (nSPS) is 19.0. The lowest BCUT2D eigenvalue weighted by molar-refractivity contribution is 0.275. The van der Waals surface area contributed by atoms with Crippen molar-refractivity contribution in [3.63, 3.8) is 0 Å². The number of hydrogen-bond donors (Lipinski definition) is 3. The average Bonchev–Trinajstić information content (AvgIpc) is 3.03. The lowest BCUT2D eigenvalue weighted by Gasteiger charge is -2.45. The Morgan fingerprint density at radius 3 is 0.983 bits per heavy atom. The monoisotopic (exact) mass is 791 g/mol. The number of phenols is 3. The highest BCUT2D eigenvalue weighted by atomic mass is 16.3. The van der Waals surface area contributed by atoms with Crippen LogP contribution in [-0.4, -0.2) is 15.3 Å². The third-order valence-electron chi connectivity index (χ3n) is 13.4. The molecule has 0 fully saturated rings. The quantitative estimate of drug-likeness (QED) is 0.233. The van der Waals surface area contributed by atoms with Gasteiger partial charge < -0.3 is 15.3 Å². The third-order valence-corrected chi connectivity index (χ3v) is 13.4. The molecule has 0 bridgehead atoms. The van der Waals surface area contributed by atoms with Crippen molar-refractivity contribution in [2.75, 3.05) is 0 Å². The SMILES string of the molecule is CC1=C(Cc2cc(C(C)(C)C)c(O)c(C(C)(C)C)c2)C(C)C(C)(Cc2cc(C(C)(C)C)c(O)c(C(C)(C)C)c2)C(C)=C1Cc1cc(C(C)(C)C)c(O)c(C(C)(C)C)c1. The minimum Gasteiger partial charge on any atom is -0.507 e. The molecule has 1 aliphatic rings. The molecule has 0 saturated heterocycles. The second-order valence-corrected chi connectivity index (χ2v) is 24.5. The Hall–Kier alpha value is -3.46. The third kappa shape index (κ3) is 9.45. The fraction of sp³-hybridized carbons (Fsp3) is 0.600. The topological polar surface area (TPSA) is 60.7 Å². The van der Waals surface area contributed by atoms with Crippen LogP contribution in [0.1, 0.15) is 202 Å². The Morgan fingerprint density at radius 2 is 0.707 bits per heavy atom. The summed E-state index contributed by atoms with van der Waals surface area (Å²) < 4.78 is 0. The summed E-state index contributed by atoms with van der Waals surface area (Å²) in [6, 6.07) is 13.6. The minimum atomic E-state index is -0.237. The zero-order valence-corrected chi connectivity index (χ0v) is 41.0. The van der Waals surface area contributed by atoms with Crippen molar-refractivity contribution >= 4 is 0 Å². The molecule has 0 heterocycles. The molecule has 0 aromatic heterocycles. The van der Waals surface area contributed by atoms with Crippen LogP contribution in [0.3, 0.4) is 0 Å². The highest BCUT2D eigenvalue weighted by Gasteiger charge is 2.42. The molecular formula is C55H82O3. The molecule has 3 heteroatoms. The molecule has 320 valence electrons. The van der Waals surface area contributed by atoms with Crippen LogP contribution >= 0.6 is 0 Å². The van der Waals surface area contributed by atoms with Crippen LogP contribution in [0.5, 0.6) is 17.2 Å². The van der Waals surface area contributed by atoms with Crippen LogP contribution in [0.2, 0.25) is 0 Å². The molecule has 0 radical (unpaired) electrons. The van der Waals surface area contributed by atoms with Gasteiger partial charge in [0.15, 0.2) is 0 Å². The molecular weight excluding hydrogens is 709 g/mol. The van der Waals surface area contributed by atoms with Crippen LogP contribution < -0.4 is 0 Å². The fourth-order valence-corrected chi connectivity index (χ4v) is 9.36. The van der Waals surface area contributed by atoms with E-state index in [0.717, 1.165) is 52.6 Å². The molecule has 58 heavy (non-hydrogen) atoms. The lowest BCUT2D eigenvalue weighted by Crippen LogP contribution is -2.36. The zero-order chi connectivity index (χ0) is 44.7. The van der Waals surface area contributed by atoms with E-state index in [2.05, 4.69) is 189 Å².